The van der Waals surface area contributed by atoms with Crippen molar-refractivity contribution in [3.63, 3.8) is 0 Å². The molecule has 1 saturated heterocycles. The minimum absolute atomic E-state index is 0.207. The standard InChI is InChI=1S/C10H12N2O7/c13-1-3-5(11-10(18)12-9(3)17)8-7(16)6(15)4(2-14)19-8/h1,4,6-8,14-16H,2H2,(H2,11,12,17,18)/t4-,6-,7+,8+/m1/s1. The zero-order valence-corrected chi connectivity index (χ0v) is 9.57. The molecule has 9 heteroatoms. The third-order valence-electron chi connectivity index (χ3n) is 2.95. The molecule has 1 aliphatic rings. The molecule has 1 aromatic heterocycles. The van der Waals surface area contributed by atoms with Gasteiger partial charge in [0.05, 0.1) is 12.3 Å². The van der Waals surface area contributed by atoms with Gasteiger partial charge in [-0.2, -0.15) is 0 Å². The minimum atomic E-state index is -1.48. The van der Waals surface area contributed by atoms with Crippen molar-refractivity contribution in [3.05, 3.63) is 32.1 Å². The molecule has 2 rings (SSSR count). The Morgan fingerprint density at radius 1 is 1.21 bits per heavy atom. The number of carbonyl (C=O) groups is 1. The molecule has 0 spiro atoms. The maximum atomic E-state index is 11.4. The van der Waals surface area contributed by atoms with E-state index >= 15 is 0 Å². The summed E-state index contributed by atoms with van der Waals surface area (Å²) in [6.07, 6.45) is -5.01. The molecule has 4 atom stereocenters. The summed E-state index contributed by atoms with van der Waals surface area (Å²) >= 11 is 0. The molecule has 0 aromatic carbocycles. The SMILES string of the molecule is O=Cc1c([C@@H]2O[C@H](CO)[C@@H](O)[C@@H]2O)[nH]c(=O)[nH]c1=O. The summed E-state index contributed by atoms with van der Waals surface area (Å²) in [7, 11) is 0. The molecule has 5 N–H and O–H groups in total. The van der Waals surface area contributed by atoms with E-state index in [1.165, 1.54) is 0 Å². The van der Waals surface area contributed by atoms with Crippen LogP contribution in [0.5, 0.6) is 0 Å². The number of hydrogen-bond acceptors (Lipinski definition) is 7. The second kappa shape index (κ2) is 5.05. The maximum Gasteiger partial charge on any atom is 0.326 e. The van der Waals surface area contributed by atoms with Crippen molar-refractivity contribution in [1.82, 2.24) is 9.97 Å². The third-order valence-corrected chi connectivity index (χ3v) is 2.95. The molecule has 0 unspecified atom stereocenters. The van der Waals surface area contributed by atoms with E-state index in [0.717, 1.165) is 0 Å². The molecule has 1 fully saturated rings. The number of rotatable bonds is 3. The second-order valence-corrected chi connectivity index (χ2v) is 4.11. The number of aromatic nitrogens is 2. The van der Waals surface area contributed by atoms with Gasteiger partial charge in [0, 0.05) is 0 Å². The highest BCUT2D eigenvalue weighted by molar-refractivity contribution is 5.75. The van der Waals surface area contributed by atoms with Crippen LogP contribution in [0, 0.1) is 0 Å². The van der Waals surface area contributed by atoms with Gasteiger partial charge in [-0.1, -0.05) is 0 Å². The predicted octanol–water partition coefficient (Wildman–Crippen LogP) is -2.97. The highest BCUT2D eigenvalue weighted by Gasteiger charge is 2.44. The van der Waals surface area contributed by atoms with Gasteiger partial charge in [0.1, 0.15) is 30.0 Å². The first-order valence-corrected chi connectivity index (χ1v) is 5.43. The minimum Gasteiger partial charge on any atom is -0.394 e. The van der Waals surface area contributed by atoms with E-state index in [4.69, 9.17) is 9.84 Å². The van der Waals surface area contributed by atoms with Crippen molar-refractivity contribution in [2.75, 3.05) is 6.61 Å². The molecule has 2 heterocycles. The second-order valence-electron chi connectivity index (χ2n) is 4.11. The summed E-state index contributed by atoms with van der Waals surface area (Å²) in [6, 6.07) is 0. The van der Waals surface area contributed by atoms with E-state index in [-0.39, 0.29) is 12.0 Å². The van der Waals surface area contributed by atoms with Crippen LogP contribution in [-0.4, -0.2) is 56.5 Å². The van der Waals surface area contributed by atoms with Gasteiger partial charge in [-0.05, 0) is 0 Å². The molecule has 0 bridgehead atoms. The van der Waals surface area contributed by atoms with Crippen LogP contribution in [0.1, 0.15) is 22.2 Å². The molecule has 9 nitrogen and oxygen atoms in total. The number of aromatic amines is 2. The van der Waals surface area contributed by atoms with E-state index in [1.54, 1.807) is 0 Å². The first kappa shape index (κ1) is 13.6. The van der Waals surface area contributed by atoms with Crippen molar-refractivity contribution >= 4 is 6.29 Å². The summed E-state index contributed by atoms with van der Waals surface area (Å²) in [5.74, 6) is 0. The Morgan fingerprint density at radius 2 is 1.89 bits per heavy atom. The van der Waals surface area contributed by atoms with Crippen LogP contribution < -0.4 is 11.2 Å². The Morgan fingerprint density at radius 3 is 2.42 bits per heavy atom. The zero-order chi connectivity index (χ0) is 14.2. The Kier molecular flexibility index (Phi) is 3.62. The van der Waals surface area contributed by atoms with Crippen molar-refractivity contribution in [2.45, 2.75) is 24.4 Å². The summed E-state index contributed by atoms with van der Waals surface area (Å²) in [4.78, 5) is 37.5. The molecular weight excluding hydrogens is 260 g/mol. The van der Waals surface area contributed by atoms with E-state index < -0.39 is 47.8 Å². The van der Waals surface area contributed by atoms with Gasteiger partial charge in [-0.15, -0.1) is 0 Å². The van der Waals surface area contributed by atoms with Gasteiger partial charge in [0.25, 0.3) is 5.56 Å². The number of aldehydes is 1. The highest BCUT2D eigenvalue weighted by atomic mass is 16.6. The molecular formula is C10H12N2O7. The monoisotopic (exact) mass is 272 g/mol. The number of hydrogen-bond donors (Lipinski definition) is 5. The Labute approximate surface area is 105 Å². The van der Waals surface area contributed by atoms with Crippen molar-refractivity contribution in [2.24, 2.45) is 0 Å². The van der Waals surface area contributed by atoms with Gasteiger partial charge < -0.3 is 25.0 Å². The van der Waals surface area contributed by atoms with Crippen molar-refractivity contribution < 1.29 is 24.9 Å². The third kappa shape index (κ3) is 2.24. The van der Waals surface area contributed by atoms with Gasteiger partial charge in [-0.3, -0.25) is 14.6 Å². The normalized spacial score (nSPS) is 30.5. The lowest BCUT2D eigenvalue weighted by atomic mass is 10.0. The van der Waals surface area contributed by atoms with E-state index in [1.807, 2.05) is 4.98 Å². The van der Waals surface area contributed by atoms with Gasteiger partial charge in [0.15, 0.2) is 6.29 Å². The van der Waals surface area contributed by atoms with Crippen molar-refractivity contribution in [3.8, 4) is 0 Å². The Hall–Kier alpha value is -1.81. The van der Waals surface area contributed by atoms with Crippen LogP contribution in [-0.2, 0) is 4.74 Å². The number of ether oxygens (including phenoxy) is 1. The van der Waals surface area contributed by atoms with Crippen LogP contribution in [0.2, 0.25) is 0 Å². The fraction of sp³-hybridized carbons (Fsp3) is 0.500. The molecule has 1 aliphatic heterocycles. The largest absolute Gasteiger partial charge is 0.394 e. The fourth-order valence-electron chi connectivity index (χ4n) is 1.99. The van der Waals surface area contributed by atoms with E-state index in [9.17, 15) is 24.6 Å². The first-order valence-electron chi connectivity index (χ1n) is 5.43. The number of aliphatic hydroxyl groups excluding tert-OH is 3. The average molecular weight is 272 g/mol. The number of H-pyrrole nitrogens is 2. The molecule has 104 valence electrons. The van der Waals surface area contributed by atoms with Gasteiger partial charge in [0.2, 0.25) is 0 Å². The number of aliphatic hydroxyl groups is 3. The Balaban J connectivity index is 2.51. The number of nitrogens with one attached hydrogen (secondary N) is 2. The van der Waals surface area contributed by atoms with Crippen LogP contribution >= 0.6 is 0 Å². The van der Waals surface area contributed by atoms with E-state index in [0.29, 0.717) is 0 Å². The van der Waals surface area contributed by atoms with Crippen LogP contribution in [0.4, 0.5) is 0 Å². The molecule has 1 aromatic rings. The topological polar surface area (TPSA) is 153 Å². The average Bonchev–Trinajstić information content (AvgIpc) is 2.65. The lowest BCUT2D eigenvalue weighted by molar-refractivity contribution is -0.0242. The summed E-state index contributed by atoms with van der Waals surface area (Å²) in [5.41, 5.74) is -2.43. The van der Waals surface area contributed by atoms with Crippen LogP contribution in [0.25, 0.3) is 0 Å². The lowest BCUT2D eigenvalue weighted by Gasteiger charge is -2.15. The molecule has 0 amide bonds. The highest BCUT2D eigenvalue weighted by Crippen LogP contribution is 2.32. The molecule has 19 heavy (non-hydrogen) atoms. The van der Waals surface area contributed by atoms with Crippen LogP contribution in [0.3, 0.4) is 0 Å². The predicted molar refractivity (Wildman–Crippen MR) is 59.8 cm³/mol. The summed E-state index contributed by atoms with van der Waals surface area (Å²) in [5, 5.41) is 28.3. The lowest BCUT2D eigenvalue weighted by Crippen LogP contribution is -2.34. The summed E-state index contributed by atoms with van der Waals surface area (Å²) < 4.78 is 5.14. The number of carbonyl (C=O) groups excluding carboxylic acids is 1. The van der Waals surface area contributed by atoms with E-state index in [2.05, 4.69) is 4.98 Å². The fourth-order valence-corrected chi connectivity index (χ4v) is 1.99. The van der Waals surface area contributed by atoms with Crippen molar-refractivity contribution in [1.29, 1.82) is 0 Å². The molecule has 0 aliphatic carbocycles. The molecule has 0 saturated carbocycles. The quantitative estimate of drug-likeness (QED) is 0.368. The zero-order valence-electron chi connectivity index (χ0n) is 9.57. The van der Waals surface area contributed by atoms with Crippen LogP contribution in [0.15, 0.2) is 9.59 Å². The first-order chi connectivity index (χ1) is 8.99. The van der Waals surface area contributed by atoms with Gasteiger partial charge in [-0.25, -0.2) is 4.79 Å². The maximum absolute atomic E-state index is 11.4. The smallest absolute Gasteiger partial charge is 0.326 e. The van der Waals surface area contributed by atoms with Gasteiger partial charge >= 0.3 is 5.69 Å². The summed E-state index contributed by atoms with van der Waals surface area (Å²) in [6.45, 7) is -0.557. The molecule has 0 radical (unpaired) electrons. The Bertz CT molecular complexity index is 592.